The summed E-state index contributed by atoms with van der Waals surface area (Å²) in [5.41, 5.74) is 1.77. The lowest BCUT2D eigenvalue weighted by Crippen LogP contribution is -2.39. The second-order valence-corrected chi connectivity index (χ2v) is 7.29. The van der Waals surface area contributed by atoms with Crippen LogP contribution in [0.2, 0.25) is 5.02 Å². The van der Waals surface area contributed by atoms with Crippen molar-refractivity contribution in [2.24, 2.45) is 11.8 Å². The minimum absolute atomic E-state index is 0.648. The average molecular weight is 333 g/mol. The van der Waals surface area contributed by atoms with Crippen molar-refractivity contribution in [3.8, 4) is 0 Å². The molecule has 2 atom stereocenters. The van der Waals surface area contributed by atoms with Crippen molar-refractivity contribution in [1.82, 2.24) is 15.1 Å². The zero-order valence-corrected chi connectivity index (χ0v) is 14.7. The molecule has 1 aromatic carbocycles. The highest BCUT2D eigenvalue weighted by atomic mass is 35.5. The molecule has 1 N–H and O–H groups in total. The van der Waals surface area contributed by atoms with Gasteiger partial charge in [0.05, 0.1) is 16.9 Å². The molecule has 1 saturated heterocycles. The number of halogens is 1. The van der Waals surface area contributed by atoms with Crippen molar-refractivity contribution in [1.29, 1.82) is 0 Å². The molecule has 0 spiro atoms. The van der Waals surface area contributed by atoms with E-state index in [1.54, 1.807) is 6.20 Å². The van der Waals surface area contributed by atoms with Crippen LogP contribution in [0.4, 0.5) is 5.69 Å². The van der Waals surface area contributed by atoms with E-state index in [9.17, 15) is 0 Å². The number of nitrogens with one attached hydrogen (secondary N) is 1. The average Bonchev–Trinajstić information content (AvgIpc) is 2.51. The highest BCUT2D eigenvalue weighted by Gasteiger charge is 2.20. The molecule has 1 aliphatic rings. The summed E-state index contributed by atoms with van der Waals surface area (Å²) in [7, 11) is 0. The Morgan fingerprint density at radius 3 is 2.83 bits per heavy atom. The van der Waals surface area contributed by atoms with Crippen LogP contribution in [0.25, 0.3) is 10.9 Å². The van der Waals surface area contributed by atoms with E-state index >= 15 is 0 Å². The molecule has 0 aliphatic carbocycles. The number of nitrogens with zero attached hydrogens (tertiary/aromatic N) is 3. The number of piperidine rings is 1. The molecule has 0 amide bonds. The zero-order chi connectivity index (χ0) is 16.2. The van der Waals surface area contributed by atoms with E-state index in [0.29, 0.717) is 5.02 Å². The molecule has 3 rings (SSSR count). The summed E-state index contributed by atoms with van der Waals surface area (Å²) < 4.78 is 0. The maximum absolute atomic E-state index is 6.18. The Hall–Kier alpha value is -1.39. The van der Waals surface area contributed by atoms with Crippen LogP contribution in [-0.4, -0.2) is 41.3 Å². The first kappa shape index (κ1) is 16.5. The monoisotopic (exact) mass is 332 g/mol. The second kappa shape index (κ2) is 7.45. The van der Waals surface area contributed by atoms with Crippen LogP contribution in [0, 0.1) is 11.8 Å². The number of benzene rings is 1. The van der Waals surface area contributed by atoms with E-state index in [1.807, 2.05) is 18.2 Å². The lowest BCUT2D eigenvalue weighted by atomic mass is 9.92. The number of hydrogen-bond donors (Lipinski definition) is 1. The topological polar surface area (TPSA) is 41.0 Å². The summed E-state index contributed by atoms with van der Waals surface area (Å²) in [5, 5.41) is 13.4. The van der Waals surface area contributed by atoms with Crippen molar-refractivity contribution in [2.75, 3.05) is 31.5 Å². The first-order chi connectivity index (χ1) is 11.1. The van der Waals surface area contributed by atoms with Crippen LogP contribution in [0.1, 0.15) is 26.7 Å². The number of fused-ring (bicyclic) bond motifs is 1. The molecule has 23 heavy (non-hydrogen) atoms. The molecule has 124 valence electrons. The molecule has 2 aromatic rings. The van der Waals surface area contributed by atoms with Gasteiger partial charge in [-0.15, -0.1) is 5.10 Å². The van der Waals surface area contributed by atoms with Crippen molar-refractivity contribution >= 4 is 28.2 Å². The summed E-state index contributed by atoms with van der Waals surface area (Å²) in [5.74, 6) is 1.64. The number of aromatic nitrogens is 2. The van der Waals surface area contributed by atoms with Crippen LogP contribution in [0.15, 0.2) is 24.4 Å². The fraction of sp³-hybridized carbons (Fsp3) is 0.556. The van der Waals surface area contributed by atoms with E-state index in [-0.39, 0.29) is 0 Å². The van der Waals surface area contributed by atoms with Gasteiger partial charge in [-0.1, -0.05) is 37.6 Å². The van der Waals surface area contributed by atoms with Crippen LogP contribution in [-0.2, 0) is 0 Å². The van der Waals surface area contributed by atoms with E-state index in [2.05, 4.69) is 34.3 Å². The smallest absolute Gasteiger partial charge is 0.114 e. The Bertz CT molecular complexity index is 651. The van der Waals surface area contributed by atoms with E-state index in [1.165, 1.54) is 19.5 Å². The zero-order valence-electron chi connectivity index (χ0n) is 13.9. The lowest BCUT2D eigenvalue weighted by molar-refractivity contribution is 0.141. The molecule has 0 radical (unpaired) electrons. The van der Waals surface area contributed by atoms with Crippen molar-refractivity contribution < 1.29 is 0 Å². The van der Waals surface area contributed by atoms with Gasteiger partial charge >= 0.3 is 0 Å². The Kier molecular flexibility index (Phi) is 5.34. The quantitative estimate of drug-likeness (QED) is 0.838. The number of likely N-dealkylation sites (tertiary alicyclic amines) is 1. The Labute approximate surface area is 143 Å². The van der Waals surface area contributed by atoms with Gasteiger partial charge in [0.2, 0.25) is 0 Å². The van der Waals surface area contributed by atoms with Crippen LogP contribution >= 0.6 is 11.6 Å². The van der Waals surface area contributed by atoms with Gasteiger partial charge in [0, 0.05) is 25.0 Å². The van der Waals surface area contributed by atoms with Crippen molar-refractivity contribution in [2.45, 2.75) is 26.7 Å². The second-order valence-electron chi connectivity index (χ2n) is 6.88. The minimum atomic E-state index is 0.648. The standard InChI is InChI=1S/C18H25ClN4/c1-13-9-14(2)12-23(11-13)8-4-7-20-17-10-21-22-18-15(17)5-3-6-16(18)19/h3,5-6,10,13-14H,4,7-9,11-12H2,1-2H3,(H,20,22)/t13-,14+. The first-order valence-corrected chi connectivity index (χ1v) is 8.87. The van der Waals surface area contributed by atoms with E-state index in [4.69, 9.17) is 11.6 Å². The third-order valence-electron chi connectivity index (χ3n) is 4.53. The third-order valence-corrected chi connectivity index (χ3v) is 4.84. The predicted molar refractivity (Wildman–Crippen MR) is 97.0 cm³/mol. The molecule has 1 fully saturated rings. The minimum Gasteiger partial charge on any atom is -0.383 e. The highest BCUT2D eigenvalue weighted by molar-refractivity contribution is 6.35. The summed E-state index contributed by atoms with van der Waals surface area (Å²) >= 11 is 6.18. The third kappa shape index (κ3) is 4.12. The van der Waals surface area contributed by atoms with Gasteiger partial charge in [-0.25, -0.2) is 0 Å². The number of anilines is 1. The highest BCUT2D eigenvalue weighted by Crippen LogP contribution is 2.26. The van der Waals surface area contributed by atoms with Crippen LogP contribution in [0.3, 0.4) is 0 Å². The molecule has 2 heterocycles. The molecule has 1 aromatic heterocycles. The Morgan fingerprint density at radius 2 is 2.04 bits per heavy atom. The van der Waals surface area contributed by atoms with Gasteiger partial charge in [0.25, 0.3) is 0 Å². The Morgan fingerprint density at radius 1 is 1.26 bits per heavy atom. The Balaban J connectivity index is 1.54. The predicted octanol–water partition coefficient (Wildman–Crippen LogP) is 4.06. The molecule has 0 saturated carbocycles. The van der Waals surface area contributed by atoms with Crippen molar-refractivity contribution in [3.63, 3.8) is 0 Å². The van der Waals surface area contributed by atoms with Gasteiger partial charge in [0.15, 0.2) is 0 Å². The SMILES string of the molecule is C[C@@H]1C[C@H](C)CN(CCCNc2cnnc3c(Cl)cccc23)C1. The fourth-order valence-electron chi connectivity index (χ4n) is 3.69. The summed E-state index contributed by atoms with van der Waals surface area (Å²) in [6.07, 6.45) is 4.28. The molecule has 0 bridgehead atoms. The van der Waals surface area contributed by atoms with Gasteiger partial charge in [0.1, 0.15) is 5.52 Å². The summed E-state index contributed by atoms with van der Waals surface area (Å²) in [6, 6.07) is 5.83. The number of hydrogen-bond acceptors (Lipinski definition) is 4. The van der Waals surface area contributed by atoms with E-state index in [0.717, 1.165) is 47.9 Å². The van der Waals surface area contributed by atoms with E-state index < -0.39 is 0 Å². The first-order valence-electron chi connectivity index (χ1n) is 8.49. The molecular weight excluding hydrogens is 308 g/mol. The molecule has 4 nitrogen and oxygen atoms in total. The molecule has 0 unspecified atom stereocenters. The molecule has 5 heteroatoms. The van der Waals surface area contributed by atoms with Crippen LogP contribution in [0.5, 0.6) is 0 Å². The van der Waals surface area contributed by atoms with Gasteiger partial charge in [-0.3, -0.25) is 0 Å². The summed E-state index contributed by atoms with van der Waals surface area (Å²) in [6.45, 7) is 9.28. The van der Waals surface area contributed by atoms with Gasteiger partial charge < -0.3 is 10.2 Å². The van der Waals surface area contributed by atoms with Gasteiger partial charge in [-0.05, 0) is 37.3 Å². The molecule has 1 aliphatic heterocycles. The number of rotatable bonds is 5. The lowest BCUT2D eigenvalue weighted by Gasteiger charge is -2.35. The maximum Gasteiger partial charge on any atom is 0.114 e. The summed E-state index contributed by atoms with van der Waals surface area (Å²) in [4.78, 5) is 2.60. The maximum atomic E-state index is 6.18. The van der Waals surface area contributed by atoms with Crippen molar-refractivity contribution in [3.05, 3.63) is 29.4 Å². The van der Waals surface area contributed by atoms with Crippen LogP contribution < -0.4 is 5.32 Å². The molecular formula is C18H25ClN4. The largest absolute Gasteiger partial charge is 0.383 e. The van der Waals surface area contributed by atoms with Gasteiger partial charge in [-0.2, -0.15) is 5.10 Å². The normalized spacial score (nSPS) is 22.4. The fourth-order valence-corrected chi connectivity index (χ4v) is 3.90.